The van der Waals surface area contributed by atoms with Gasteiger partial charge in [0.25, 0.3) is 0 Å². The molecule has 4 fully saturated rings. The maximum Gasteiger partial charge on any atom is 0.312 e. The molecule has 0 aromatic heterocycles. The van der Waals surface area contributed by atoms with E-state index < -0.39 is 0 Å². The average molecular weight is 339 g/mol. The number of hydrogen-bond donors (Lipinski definition) is 0. The fraction of sp³-hybridized carbons (Fsp3) is 0.611. The lowest BCUT2D eigenvalue weighted by molar-refractivity contribution is -0.172. The van der Waals surface area contributed by atoms with Crippen LogP contribution in [0.1, 0.15) is 44.1 Å². The third kappa shape index (κ3) is 2.55. The second-order valence-corrected chi connectivity index (χ2v) is 8.34. The summed E-state index contributed by atoms with van der Waals surface area (Å²) in [6.07, 6.45) is 7.12. The highest BCUT2D eigenvalue weighted by molar-refractivity contribution is 6.42. The van der Waals surface area contributed by atoms with E-state index >= 15 is 0 Å². The summed E-state index contributed by atoms with van der Waals surface area (Å²) in [6, 6.07) is 5.38. The molecule has 1 aromatic rings. The molecule has 0 aliphatic heterocycles. The molecule has 4 aliphatic rings. The Labute approximate surface area is 141 Å². The summed E-state index contributed by atoms with van der Waals surface area (Å²) < 4.78 is 5.67. The third-order valence-corrected chi connectivity index (χ3v) is 6.56. The molecule has 4 aliphatic carbocycles. The van der Waals surface area contributed by atoms with Gasteiger partial charge < -0.3 is 4.74 Å². The van der Waals surface area contributed by atoms with E-state index in [-0.39, 0.29) is 18.0 Å². The van der Waals surface area contributed by atoms with E-state index in [1.54, 1.807) is 12.1 Å². The topological polar surface area (TPSA) is 26.3 Å². The van der Waals surface area contributed by atoms with E-state index in [2.05, 4.69) is 0 Å². The molecule has 0 unspecified atom stereocenters. The van der Waals surface area contributed by atoms with Crippen molar-refractivity contribution in [2.24, 2.45) is 23.2 Å². The van der Waals surface area contributed by atoms with Gasteiger partial charge in [-0.05, 0) is 74.0 Å². The van der Waals surface area contributed by atoms with E-state index in [0.717, 1.165) is 42.6 Å². The van der Waals surface area contributed by atoms with Crippen LogP contribution in [-0.2, 0) is 16.1 Å². The van der Waals surface area contributed by atoms with Gasteiger partial charge in [0.15, 0.2) is 0 Å². The second kappa shape index (κ2) is 5.42. The molecule has 4 heteroatoms. The molecular weight excluding hydrogens is 319 g/mol. The molecule has 2 nitrogen and oxygen atoms in total. The van der Waals surface area contributed by atoms with Crippen molar-refractivity contribution in [2.45, 2.75) is 45.1 Å². The summed E-state index contributed by atoms with van der Waals surface area (Å²) in [6.45, 7) is 0.289. The molecule has 22 heavy (non-hydrogen) atoms. The lowest BCUT2D eigenvalue weighted by Crippen LogP contribution is -2.50. The molecule has 0 atom stereocenters. The van der Waals surface area contributed by atoms with Crippen molar-refractivity contribution in [1.82, 2.24) is 0 Å². The highest BCUT2D eigenvalue weighted by Crippen LogP contribution is 2.60. The number of ether oxygens (including phenoxy) is 1. The fourth-order valence-electron chi connectivity index (χ4n) is 5.29. The third-order valence-electron chi connectivity index (χ3n) is 5.83. The molecule has 0 radical (unpaired) electrons. The Kier molecular flexibility index (Phi) is 3.65. The van der Waals surface area contributed by atoms with Crippen molar-refractivity contribution >= 4 is 29.2 Å². The molecule has 4 bridgehead atoms. The number of benzene rings is 1. The molecular formula is C18H20Cl2O2. The minimum absolute atomic E-state index is 0.0117. The van der Waals surface area contributed by atoms with Gasteiger partial charge in [-0.1, -0.05) is 29.3 Å². The summed E-state index contributed by atoms with van der Waals surface area (Å²) in [4.78, 5) is 12.7. The Hall–Kier alpha value is -0.730. The first-order chi connectivity index (χ1) is 10.5. The predicted octanol–water partition coefficient (Wildman–Crippen LogP) is 5.25. The van der Waals surface area contributed by atoms with Crippen LogP contribution in [0.5, 0.6) is 0 Å². The monoisotopic (exact) mass is 338 g/mol. The van der Waals surface area contributed by atoms with Crippen molar-refractivity contribution in [3.8, 4) is 0 Å². The maximum absolute atomic E-state index is 12.7. The van der Waals surface area contributed by atoms with Crippen LogP contribution < -0.4 is 0 Å². The smallest absolute Gasteiger partial charge is 0.312 e. The Bertz CT molecular complexity index is 576. The van der Waals surface area contributed by atoms with Gasteiger partial charge in [-0.25, -0.2) is 0 Å². The van der Waals surface area contributed by atoms with Crippen LogP contribution >= 0.6 is 23.2 Å². The Morgan fingerprint density at radius 3 is 2.18 bits per heavy atom. The van der Waals surface area contributed by atoms with Crippen molar-refractivity contribution in [3.63, 3.8) is 0 Å². The zero-order valence-electron chi connectivity index (χ0n) is 12.5. The van der Waals surface area contributed by atoms with Crippen LogP contribution in [0.4, 0.5) is 0 Å². The van der Waals surface area contributed by atoms with Crippen LogP contribution in [0.3, 0.4) is 0 Å². The Morgan fingerprint density at radius 2 is 1.64 bits per heavy atom. The molecule has 0 spiro atoms. The van der Waals surface area contributed by atoms with Crippen LogP contribution in [-0.4, -0.2) is 5.97 Å². The first kappa shape index (κ1) is 14.8. The number of carbonyl (C=O) groups is 1. The lowest BCUT2D eigenvalue weighted by Gasteiger charge is -2.55. The first-order valence-electron chi connectivity index (χ1n) is 8.15. The Balaban J connectivity index is 1.45. The predicted molar refractivity (Wildman–Crippen MR) is 86.9 cm³/mol. The number of halogens is 2. The maximum atomic E-state index is 12.7. The molecule has 118 valence electrons. The lowest BCUT2D eigenvalue weighted by atomic mass is 9.49. The molecule has 5 rings (SSSR count). The quantitative estimate of drug-likeness (QED) is 0.703. The van der Waals surface area contributed by atoms with Crippen molar-refractivity contribution in [2.75, 3.05) is 0 Å². The van der Waals surface area contributed by atoms with Gasteiger partial charge in [0.2, 0.25) is 0 Å². The Morgan fingerprint density at radius 1 is 1.05 bits per heavy atom. The molecule has 0 amide bonds. The minimum Gasteiger partial charge on any atom is -0.460 e. The summed E-state index contributed by atoms with van der Waals surface area (Å²) >= 11 is 11.9. The molecule has 0 saturated heterocycles. The van der Waals surface area contributed by atoms with Gasteiger partial charge >= 0.3 is 5.97 Å². The van der Waals surface area contributed by atoms with Gasteiger partial charge in [-0.15, -0.1) is 0 Å². The van der Waals surface area contributed by atoms with Crippen LogP contribution in [0, 0.1) is 23.2 Å². The van der Waals surface area contributed by atoms with Crippen molar-refractivity contribution in [3.05, 3.63) is 33.8 Å². The molecule has 0 heterocycles. The first-order valence-corrected chi connectivity index (χ1v) is 8.91. The number of carbonyl (C=O) groups excluding carboxylic acids is 1. The summed E-state index contributed by atoms with van der Waals surface area (Å²) in [7, 11) is 0. The standard InChI is InChI=1S/C18H20Cl2O2/c19-15-2-1-11(6-16(15)20)10-22-17(21)18-7-12-3-13(8-18)5-14(4-12)9-18/h1-2,6,12-14H,3-5,7-10H2. The SMILES string of the molecule is O=C(OCc1ccc(Cl)c(Cl)c1)C12CC3CC(CC(C3)C1)C2. The highest BCUT2D eigenvalue weighted by Gasteiger charge is 2.55. The minimum atomic E-state index is -0.190. The van der Waals surface area contributed by atoms with Gasteiger partial charge in [0, 0.05) is 0 Å². The van der Waals surface area contributed by atoms with Gasteiger partial charge in [-0.3, -0.25) is 4.79 Å². The average Bonchev–Trinajstić information content (AvgIpc) is 2.46. The summed E-state index contributed by atoms with van der Waals surface area (Å²) in [5, 5.41) is 1.03. The van der Waals surface area contributed by atoms with Gasteiger partial charge in [-0.2, -0.15) is 0 Å². The molecule has 1 aromatic carbocycles. The number of esters is 1. The van der Waals surface area contributed by atoms with Crippen LogP contribution in [0.15, 0.2) is 18.2 Å². The van der Waals surface area contributed by atoms with Crippen molar-refractivity contribution in [1.29, 1.82) is 0 Å². The normalized spacial score (nSPS) is 35.6. The molecule has 0 N–H and O–H groups in total. The number of rotatable bonds is 3. The van der Waals surface area contributed by atoms with E-state index in [4.69, 9.17) is 27.9 Å². The highest BCUT2D eigenvalue weighted by atomic mass is 35.5. The van der Waals surface area contributed by atoms with E-state index in [1.165, 1.54) is 19.3 Å². The number of hydrogen-bond acceptors (Lipinski definition) is 2. The molecule has 4 saturated carbocycles. The summed E-state index contributed by atoms with van der Waals surface area (Å²) in [5.41, 5.74) is 0.706. The zero-order valence-corrected chi connectivity index (χ0v) is 14.0. The van der Waals surface area contributed by atoms with E-state index in [1.807, 2.05) is 6.07 Å². The zero-order chi connectivity index (χ0) is 15.3. The van der Waals surface area contributed by atoms with Crippen LogP contribution in [0.2, 0.25) is 10.0 Å². The summed E-state index contributed by atoms with van der Waals surface area (Å²) in [5.74, 6) is 2.27. The van der Waals surface area contributed by atoms with E-state index in [9.17, 15) is 4.79 Å². The fourth-order valence-corrected chi connectivity index (χ4v) is 5.61. The van der Waals surface area contributed by atoms with Gasteiger partial charge in [0.1, 0.15) is 6.61 Å². The van der Waals surface area contributed by atoms with Crippen LogP contribution in [0.25, 0.3) is 0 Å². The second-order valence-electron chi connectivity index (χ2n) is 7.52. The largest absolute Gasteiger partial charge is 0.460 e. The van der Waals surface area contributed by atoms with Crippen molar-refractivity contribution < 1.29 is 9.53 Å². The van der Waals surface area contributed by atoms with Gasteiger partial charge in [0.05, 0.1) is 15.5 Å². The van der Waals surface area contributed by atoms with E-state index in [0.29, 0.717) is 10.0 Å².